The summed E-state index contributed by atoms with van der Waals surface area (Å²) in [7, 11) is -3.52. The van der Waals surface area contributed by atoms with Crippen LogP contribution in [-0.4, -0.2) is 59.9 Å². The molecule has 2 aliphatic rings. The Morgan fingerprint density at radius 3 is 2.03 bits per heavy atom. The number of carbonyl (C=O) groups excluding carboxylic acids is 1. The molecule has 1 aliphatic heterocycles. The SMILES string of the molecule is CCN(CC)S(=O)(=O)c1ccc(C(=O)N2CCC(c3nnc(C4CC4)o3)CC2)cc1. The second-order valence-corrected chi connectivity index (χ2v) is 9.87. The van der Waals surface area contributed by atoms with Gasteiger partial charge in [-0.1, -0.05) is 13.8 Å². The first kappa shape index (κ1) is 21.0. The van der Waals surface area contributed by atoms with Crippen LogP contribution in [0.5, 0.6) is 0 Å². The van der Waals surface area contributed by atoms with Crippen LogP contribution in [0.4, 0.5) is 0 Å². The summed E-state index contributed by atoms with van der Waals surface area (Å²) in [4.78, 5) is 14.9. The molecule has 2 heterocycles. The van der Waals surface area contributed by atoms with Crippen molar-refractivity contribution in [3.05, 3.63) is 41.6 Å². The van der Waals surface area contributed by atoms with Gasteiger partial charge in [-0.2, -0.15) is 4.31 Å². The zero-order valence-corrected chi connectivity index (χ0v) is 18.3. The van der Waals surface area contributed by atoms with Crippen molar-refractivity contribution in [2.24, 2.45) is 0 Å². The van der Waals surface area contributed by atoms with Gasteiger partial charge >= 0.3 is 0 Å². The fourth-order valence-corrected chi connectivity index (χ4v) is 5.36. The fraction of sp³-hybridized carbons (Fsp3) is 0.571. The molecule has 1 amide bonds. The van der Waals surface area contributed by atoms with E-state index in [1.54, 1.807) is 12.1 Å². The van der Waals surface area contributed by atoms with E-state index in [1.807, 2.05) is 18.7 Å². The summed E-state index contributed by atoms with van der Waals surface area (Å²) in [6.45, 7) is 5.68. The maximum atomic E-state index is 12.9. The monoisotopic (exact) mass is 432 g/mol. The van der Waals surface area contributed by atoms with Gasteiger partial charge in [0.1, 0.15) is 0 Å². The van der Waals surface area contributed by atoms with E-state index in [0.29, 0.717) is 43.6 Å². The molecule has 0 N–H and O–H groups in total. The Labute approximate surface area is 177 Å². The number of piperidine rings is 1. The van der Waals surface area contributed by atoms with Crippen LogP contribution in [0.2, 0.25) is 0 Å². The van der Waals surface area contributed by atoms with Gasteiger partial charge in [-0.25, -0.2) is 8.42 Å². The summed E-state index contributed by atoms with van der Waals surface area (Å²) in [5.74, 6) is 2.00. The third-order valence-electron chi connectivity index (χ3n) is 5.96. The predicted octanol–water partition coefficient (Wildman–Crippen LogP) is 3.00. The Balaban J connectivity index is 1.38. The molecule has 0 spiro atoms. The maximum Gasteiger partial charge on any atom is 0.253 e. The van der Waals surface area contributed by atoms with Crippen molar-refractivity contribution >= 4 is 15.9 Å². The Hall–Kier alpha value is -2.26. The van der Waals surface area contributed by atoms with Crippen molar-refractivity contribution in [1.82, 2.24) is 19.4 Å². The van der Waals surface area contributed by atoms with Gasteiger partial charge < -0.3 is 9.32 Å². The van der Waals surface area contributed by atoms with E-state index in [-0.39, 0.29) is 16.7 Å². The molecule has 0 radical (unpaired) electrons. The van der Waals surface area contributed by atoms with E-state index in [4.69, 9.17) is 4.42 Å². The molecular weight excluding hydrogens is 404 g/mol. The van der Waals surface area contributed by atoms with Gasteiger partial charge in [-0.05, 0) is 49.9 Å². The molecule has 0 unspecified atom stereocenters. The first-order valence-electron chi connectivity index (χ1n) is 10.7. The minimum atomic E-state index is -3.52. The molecule has 4 rings (SSSR count). The average molecular weight is 433 g/mol. The van der Waals surface area contributed by atoms with Crippen LogP contribution in [0.3, 0.4) is 0 Å². The van der Waals surface area contributed by atoms with E-state index >= 15 is 0 Å². The first-order chi connectivity index (χ1) is 14.4. The Morgan fingerprint density at radius 1 is 1.00 bits per heavy atom. The molecule has 8 nitrogen and oxygen atoms in total. The van der Waals surface area contributed by atoms with Crippen molar-refractivity contribution in [2.75, 3.05) is 26.2 Å². The van der Waals surface area contributed by atoms with Crippen molar-refractivity contribution in [2.45, 2.75) is 56.3 Å². The number of aromatic nitrogens is 2. The highest BCUT2D eigenvalue weighted by molar-refractivity contribution is 7.89. The van der Waals surface area contributed by atoms with Crippen LogP contribution in [0.25, 0.3) is 0 Å². The third kappa shape index (κ3) is 4.13. The topological polar surface area (TPSA) is 96.6 Å². The van der Waals surface area contributed by atoms with Gasteiger partial charge in [0.05, 0.1) is 4.90 Å². The van der Waals surface area contributed by atoms with Gasteiger partial charge in [-0.15, -0.1) is 10.2 Å². The van der Waals surface area contributed by atoms with Crippen LogP contribution in [0.1, 0.15) is 73.5 Å². The summed E-state index contributed by atoms with van der Waals surface area (Å²) < 4.78 is 32.4. The lowest BCUT2D eigenvalue weighted by atomic mass is 9.96. The average Bonchev–Trinajstić information content (AvgIpc) is 3.51. The number of benzene rings is 1. The van der Waals surface area contributed by atoms with Crippen molar-refractivity contribution in [3.63, 3.8) is 0 Å². The van der Waals surface area contributed by atoms with Crippen LogP contribution in [0, 0.1) is 0 Å². The normalized spacial score (nSPS) is 18.2. The molecule has 1 saturated carbocycles. The summed E-state index contributed by atoms with van der Waals surface area (Å²) in [6, 6.07) is 6.24. The second kappa shape index (κ2) is 8.47. The smallest absolute Gasteiger partial charge is 0.253 e. The lowest BCUT2D eigenvalue weighted by Crippen LogP contribution is -2.38. The molecule has 30 heavy (non-hydrogen) atoms. The molecule has 0 bridgehead atoms. The quantitative estimate of drug-likeness (QED) is 0.667. The minimum absolute atomic E-state index is 0.0792. The lowest BCUT2D eigenvalue weighted by molar-refractivity contribution is 0.0706. The van der Waals surface area contributed by atoms with Gasteiger partial charge in [0.2, 0.25) is 21.8 Å². The number of sulfonamides is 1. The molecule has 9 heteroatoms. The van der Waals surface area contributed by atoms with Crippen LogP contribution in [0.15, 0.2) is 33.6 Å². The summed E-state index contributed by atoms with van der Waals surface area (Å²) in [5.41, 5.74) is 0.501. The van der Waals surface area contributed by atoms with Gasteiger partial charge in [-0.3, -0.25) is 4.79 Å². The largest absolute Gasteiger partial charge is 0.425 e. The van der Waals surface area contributed by atoms with E-state index in [9.17, 15) is 13.2 Å². The minimum Gasteiger partial charge on any atom is -0.425 e. The number of carbonyl (C=O) groups is 1. The number of amides is 1. The first-order valence-corrected chi connectivity index (χ1v) is 12.1. The molecule has 1 aromatic heterocycles. The predicted molar refractivity (Wildman–Crippen MR) is 111 cm³/mol. The molecule has 1 aliphatic carbocycles. The Bertz CT molecular complexity index is 986. The Kier molecular flexibility index (Phi) is 5.92. The maximum absolute atomic E-state index is 12.9. The summed E-state index contributed by atoms with van der Waals surface area (Å²) >= 11 is 0. The molecule has 162 valence electrons. The highest BCUT2D eigenvalue weighted by Gasteiger charge is 2.32. The van der Waals surface area contributed by atoms with Crippen molar-refractivity contribution in [3.8, 4) is 0 Å². The number of hydrogen-bond acceptors (Lipinski definition) is 6. The standard InChI is InChI=1S/C21H28N4O4S/c1-3-25(4-2)30(27,28)18-9-7-17(8-10-18)21(26)24-13-11-16(12-14-24)20-23-22-19(29-20)15-5-6-15/h7-10,15-16H,3-6,11-14H2,1-2H3. The molecule has 2 fully saturated rings. The fourth-order valence-electron chi connectivity index (χ4n) is 3.90. The van der Waals surface area contributed by atoms with E-state index < -0.39 is 10.0 Å². The second-order valence-electron chi connectivity index (χ2n) is 7.93. The highest BCUT2D eigenvalue weighted by atomic mass is 32.2. The molecule has 1 saturated heterocycles. The van der Waals surface area contributed by atoms with E-state index in [1.165, 1.54) is 16.4 Å². The molecular formula is C21H28N4O4S. The zero-order valence-electron chi connectivity index (χ0n) is 17.5. The molecule has 0 atom stereocenters. The van der Waals surface area contributed by atoms with Crippen LogP contribution in [-0.2, 0) is 10.0 Å². The van der Waals surface area contributed by atoms with Crippen LogP contribution < -0.4 is 0 Å². The zero-order chi connectivity index (χ0) is 21.3. The van der Waals surface area contributed by atoms with Crippen molar-refractivity contribution < 1.29 is 17.6 Å². The van der Waals surface area contributed by atoms with E-state index in [0.717, 1.165) is 31.6 Å². The molecule has 1 aromatic carbocycles. The number of nitrogens with zero attached hydrogens (tertiary/aromatic N) is 4. The van der Waals surface area contributed by atoms with Crippen molar-refractivity contribution in [1.29, 1.82) is 0 Å². The summed E-state index contributed by atoms with van der Waals surface area (Å²) in [6.07, 6.45) is 3.83. The Morgan fingerprint density at radius 2 is 1.53 bits per heavy atom. The van der Waals surface area contributed by atoms with Crippen LogP contribution >= 0.6 is 0 Å². The van der Waals surface area contributed by atoms with E-state index in [2.05, 4.69) is 10.2 Å². The summed E-state index contributed by atoms with van der Waals surface area (Å²) in [5, 5.41) is 8.37. The number of likely N-dealkylation sites (tertiary alicyclic amines) is 1. The molecule has 2 aromatic rings. The highest BCUT2D eigenvalue weighted by Crippen LogP contribution is 2.40. The lowest BCUT2D eigenvalue weighted by Gasteiger charge is -2.30. The number of rotatable bonds is 7. The number of hydrogen-bond donors (Lipinski definition) is 0. The van der Waals surface area contributed by atoms with Gasteiger partial charge in [0, 0.05) is 43.6 Å². The van der Waals surface area contributed by atoms with Gasteiger partial charge in [0.15, 0.2) is 0 Å². The van der Waals surface area contributed by atoms with Gasteiger partial charge in [0.25, 0.3) is 5.91 Å². The third-order valence-corrected chi connectivity index (χ3v) is 8.02.